The maximum atomic E-state index is 13.3. The van der Waals surface area contributed by atoms with Gasteiger partial charge in [-0.15, -0.1) is 0 Å². The number of oxazole rings is 1. The number of nitrogens with zero attached hydrogens (tertiary/aromatic N) is 4. The van der Waals surface area contributed by atoms with E-state index in [1.807, 2.05) is 11.8 Å². The number of H-pyrrole nitrogens is 1. The number of rotatable bonds is 6. The molecule has 0 spiro atoms. The van der Waals surface area contributed by atoms with Gasteiger partial charge in [0.2, 0.25) is 17.5 Å². The van der Waals surface area contributed by atoms with Crippen LogP contribution in [0.1, 0.15) is 75.8 Å². The number of hydrogen-bond acceptors (Lipinski definition) is 7. The smallest absolute Gasteiger partial charge is 0.339 e. The first-order valence-electron chi connectivity index (χ1n) is 10.7. The van der Waals surface area contributed by atoms with E-state index in [0.717, 1.165) is 24.8 Å². The van der Waals surface area contributed by atoms with Crippen LogP contribution in [-0.4, -0.2) is 60.0 Å². The van der Waals surface area contributed by atoms with Gasteiger partial charge in [-0.1, -0.05) is 13.3 Å². The van der Waals surface area contributed by atoms with Crippen molar-refractivity contribution in [3.05, 3.63) is 34.1 Å². The Kier molecular flexibility index (Phi) is 5.72. The number of nitriles is 1. The highest BCUT2D eigenvalue weighted by molar-refractivity contribution is 6.00. The number of aromatic amines is 1. The number of aryl methyl sites for hydroxylation is 1. The molecule has 2 aromatic heterocycles. The summed E-state index contributed by atoms with van der Waals surface area (Å²) >= 11 is 0. The molecule has 2 aromatic rings. The summed E-state index contributed by atoms with van der Waals surface area (Å²) in [7, 11) is 1.35. The fraction of sp³-hybridized carbons (Fsp3) is 0.545. The van der Waals surface area contributed by atoms with Crippen molar-refractivity contribution >= 4 is 17.8 Å². The molecule has 1 saturated heterocycles. The van der Waals surface area contributed by atoms with Gasteiger partial charge in [0.1, 0.15) is 11.8 Å². The van der Waals surface area contributed by atoms with E-state index in [1.54, 1.807) is 11.8 Å². The molecule has 31 heavy (non-hydrogen) atoms. The van der Waals surface area contributed by atoms with Gasteiger partial charge in [0.05, 0.1) is 12.7 Å². The van der Waals surface area contributed by atoms with Crippen molar-refractivity contribution < 1.29 is 18.7 Å². The number of carbonyl (C=O) groups is 2. The molecule has 0 unspecified atom stereocenters. The first kappa shape index (κ1) is 21.0. The number of carbonyl (C=O) groups excluding carboxylic acids is 2. The normalized spacial score (nSPS) is 16.3. The minimum Gasteiger partial charge on any atom is -0.465 e. The number of aromatic nitrogens is 2. The largest absolute Gasteiger partial charge is 0.465 e. The van der Waals surface area contributed by atoms with Gasteiger partial charge in [-0.2, -0.15) is 5.26 Å². The second-order valence-corrected chi connectivity index (χ2v) is 8.09. The molecule has 1 saturated carbocycles. The molecule has 3 heterocycles. The lowest BCUT2D eigenvalue weighted by molar-refractivity contribution is 0.0599. The third-order valence-electron chi connectivity index (χ3n) is 5.91. The van der Waals surface area contributed by atoms with Crippen LogP contribution in [0, 0.1) is 18.3 Å². The molecule has 0 bridgehead atoms. The molecule has 4 rings (SSSR count). The van der Waals surface area contributed by atoms with Crippen LogP contribution in [0.15, 0.2) is 4.42 Å². The third-order valence-corrected chi connectivity index (χ3v) is 5.91. The van der Waals surface area contributed by atoms with Gasteiger partial charge in [0.15, 0.2) is 0 Å². The van der Waals surface area contributed by atoms with E-state index in [4.69, 9.17) is 9.15 Å². The number of methoxy groups -OCH3 is 1. The lowest BCUT2D eigenvalue weighted by atomic mass is 10.0. The van der Waals surface area contributed by atoms with Crippen LogP contribution in [0.2, 0.25) is 0 Å². The summed E-state index contributed by atoms with van der Waals surface area (Å²) < 4.78 is 10.8. The average Bonchev–Trinajstić information content (AvgIpc) is 3.46. The Labute approximate surface area is 181 Å². The molecule has 0 aromatic carbocycles. The van der Waals surface area contributed by atoms with Crippen molar-refractivity contribution in [1.82, 2.24) is 14.9 Å². The van der Waals surface area contributed by atoms with E-state index in [1.165, 1.54) is 7.11 Å². The molecular formula is C22H27N5O4. The molecule has 2 fully saturated rings. The zero-order valence-corrected chi connectivity index (χ0v) is 18.2. The molecule has 1 amide bonds. The fourth-order valence-electron chi connectivity index (χ4n) is 4.13. The van der Waals surface area contributed by atoms with Gasteiger partial charge < -0.3 is 23.9 Å². The van der Waals surface area contributed by atoms with Crippen LogP contribution in [0.5, 0.6) is 0 Å². The first-order chi connectivity index (χ1) is 15.0. The topological polar surface area (TPSA) is 115 Å². The Hall–Kier alpha value is -3.28. The summed E-state index contributed by atoms with van der Waals surface area (Å²) in [6, 6.07) is 2.13. The summed E-state index contributed by atoms with van der Waals surface area (Å²) in [4.78, 5) is 36.7. The number of ether oxygens (including phenoxy) is 1. The van der Waals surface area contributed by atoms with Crippen LogP contribution in [-0.2, 0) is 11.2 Å². The number of hydrogen-bond donors (Lipinski definition) is 1. The van der Waals surface area contributed by atoms with E-state index in [9.17, 15) is 14.9 Å². The highest BCUT2D eigenvalue weighted by Gasteiger charge is 2.34. The van der Waals surface area contributed by atoms with Crippen LogP contribution < -0.4 is 4.90 Å². The predicted molar refractivity (Wildman–Crippen MR) is 112 cm³/mol. The Bertz CT molecular complexity index is 1040. The summed E-state index contributed by atoms with van der Waals surface area (Å²) in [6.45, 7) is 5.86. The predicted octanol–water partition coefficient (Wildman–Crippen LogP) is 2.76. The molecule has 9 heteroatoms. The summed E-state index contributed by atoms with van der Waals surface area (Å²) in [5, 5.41) is 9.42. The number of anilines is 1. The van der Waals surface area contributed by atoms with E-state index in [2.05, 4.69) is 16.0 Å². The van der Waals surface area contributed by atoms with Crippen LogP contribution >= 0.6 is 0 Å². The zero-order chi connectivity index (χ0) is 22.1. The van der Waals surface area contributed by atoms with Gasteiger partial charge in [-0.25, -0.2) is 9.78 Å². The fourth-order valence-corrected chi connectivity index (χ4v) is 4.13. The molecule has 1 N–H and O–H groups in total. The second kappa shape index (κ2) is 8.46. The van der Waals surface area contributed by atoms with Crippen molar-refractivity contribution in [2.24, 2.45) is 0 Å². The molecule has 0 radical (unpaired) electrons. The van der Waals surface area contributed by atoms with Gasteiger partial charge in [-0.05, 0) is 31.7 Å². The zero-order valence-electron chi connectivity index (χ0n) is 18.2. The van der Waals surface area contributed by atoms with Gasteiger partial charge >= 0.3 is 5.97 Å². The Morgan fingerprint density at radius 3 is 2.58 bits per heavy atom. The molecule has 9 nitrogen and oxygen atoms in total. The summed E-state index contributed by atoms with van der Waals surface area (Å²) in [5.74, 6) is 0.930. The number of esters is 1. The highest BCUT2D eigenvalue weighted by atomic mass is 16.5. The SMILES string of the molecule is CCCc1c(C(=O)N2CCN(c3oc(C4CC4)nc3C#N)CC2)[nH]c(C)c1C(=O)OC. The van der Waals surface area contributed by atoms with Crippen molar-refractivity contribution in [1.29, 1.82) is 5.26 Å². The third kappa shape index (κ3) is 3.90. The van der Waals surface area contributed by atoms with Crippen LogP contribution in [0.3, 0.4) is 0 Å². The van der Waals surface area contributed by atoms with Gasteiger partial charge in [0.25, 0.3) is 5.91 Å². The molecular weight excluding hydrogens is 398 g/mol. The van der Waals surface area contributed by atoms with E-state index in [0.29, 0.717) is 72.9 Å². The van der Waals surface area contributed by atoms with Crippen molar-refractivity contribution in [3.63, 3.8) is 0 Å². The maximum absolute atomic E-state index is 13.3. The quantitative estimate of drug-likeness (QED) is 0.708. The van der Waals surface area contributed by atoms with E-state index < -0.39 is 5.97 Å². The molecule has 1 aliphatic heterocycles. The monoisotopic (exact) mass is 425 g/mol. The molecule has 164 valence electrons. The molecule has 1 aliphatic carbocycles. The first-order valence-corrected chi connectivity index (χ1v) is 10.7. The second-order valence-electron chi connectivity index (χ2n) is 8.09. The lowest BCUT2D eigenvalue weighted by Crippen LogP contribution is -2.49. The highest BCUT2D eigenvalue weighted by Crippen LogP contribution is 2.41. The Morgan fingerprint density at radius 1 is 1.29 bits per heavy atom. The van der Waals surface area contributed by atoms with Gasteiger partial charge in [-0.3, -0.25) is 4.79 Å². The van der Waals surface area contributed by atoms with Crippen molar-refractivity contribution in [3.8, 4) is 6.07 Å². The van der Waals surface area contributed by atoms with Gasteiger partial charge in [0, 0.05) is 37.8 Å². The lowest BCUT2D eigenvalue weighted by Gasteiger charge is -2.34. The minimum atomic E-state index is -0.429. The summed E-state index contributed by atoms with van der Waals surface area (Å²) in [5.41, 5.74) is 2.59. The standard InChI is InChI=1S/C22H27N5O4/c1-4-5-15-17(22(29)30-3)13(2)24-18(15)20(28)26-8-10-27(11-9-26)21-16(12-23)25-19(31-21)14-6-7-14/h14,24H,4-11H2,1-3H3. The van der Waals surface area contributed by atoms with E-state index >= 15 is 0 Å². The van der Waals surface area contributed by atoms with Crippen molar-refractivity contribution in [2.45, 2.75) is 45.4 Å². The average molecular weight is 425 g/mol. The molecule has 2 aliphatic rings. The van der Waals surface area contributed by atoms with E-state index in [-0.39, 0.29) is 5.91 Å². The van der Waals surface area contributed by atoms with Crippen LogP contribution in [0.4, 0.5) is 5.88 Å². The minimum absolute atomic E-state index is 0.127. The van der Waals surface area contributed by atoms with Crippen LogP contribution in [0.25, 0.3) is 0 Å². The summed E-state index contributed by atoms with van der Waals surface area (Å²) in [6.07, 6.45) is 3.52. The maximum Gasteiger partial charge on any atom is 0.339 e. The Balaban J connectivity index is 1.50. The number of amides is 1. The molecule has 0 atom stereocenters. The van der Waals surface area contributed by atoms with Crippen molar-refractivity contribution in [2.75, 3.05) is 38.2 Å². The number of piperazine rings is 1. The Morgan fingerprint density at radius 2 is 2.00 bits per heavy atom. The number of nitrogens with one attached hydrogen (secondary N) is 1.